The summed E-state index contributed by atoms with van der Waals surface area (Å²) in [6, 6.07) is 13.6. The number of carbonyl (C=O) groups is 1. The Labute approximate surface area is 171 Å². The molecule has 0 aliphatic rings. The summed E-state index contributed by atoms with van der Waals surface area (Å²) in [5.74, 6) is 0.124. The van der Waals surface area contributed by atoms with Crippen LogP contribution in [-0.4, -0.2) is 27.5 Å². The van der Waals surface area contributed by atoms with Gasteiger partial charge in [0.2, 0.25) is 10.0 Å². The van der Waals surface area contributed by atoms with E-state index >= 15 is 0 Å². The van der Waals surface area contributed by atoms with E-state index in [0.29, 0.717) is 6.54 Å². The maximum absolute atomic E-state index is 12.2. The van der Waals surface area contributed by atoms with Crippen LogP contribution in [0.15, 0.2) is 53.4 Å². The number of benzene rings is 2. The van der Waals surface area contributed by atoms with Gasteiger partial charge in [0.05, 0.1) is 16.0 Å². The van der Waals surface area contributed by atoms with Gasteiger partial charge in [0.25, 0.3) is 5.91 Å². The number of carbonyl (C=O) groups excluding carboxylic acids is 1. The summed E-state index contributed by atoms with van der Waals surface area (Å²) in [5.41, 5.74) is 0.984. The Morgan fingerprint density at radius 1 is 1.11 bits per heavy atom. The van der Waals surface area contributed by atoms with Gasteiger partial charge < -0.3 is 10.1 Å². The fourth-order valence-corrected chi connectivity index (χ4v) is 3.92. The average Bonchev–Trinajstić information content (AvgIpc) is 2.66. The predicted molar refractivity (Wildman–Crippen MR) is 110 cm³/mol. The molecule has 0 saturated carbocycles. The van der Waals surface area contributed by atoms with Crippen molar-refractivity contribution in [3.8, 4) is 5.75 Å². The van der Waals surface area contributed by atoms with Gasteiger partial charge in [0.15, 0.2) is 6.61 Å². The molecule has 0 saturated heterocycles. The first-order chi connectivity index (χ1) is 13.2. The van der Waals surface area contributed by atoms with Crippen LogP contribution < -0.4 is 14.8 Å². The molecule has 2 aromatic rings. The number of nitrogens with one attached hydrogen (secondary N) is 2. The quantitative estimate of drug-likeness (QED) is 0.644. The van der Waals surface area contributed by atoms with Crippen LogP contribution in [0.5, 0.6) is 5.75 Å². The fourth-order valence-electron chi connectivity index (χ4n) is 2.38. The van der Waals surface area contributed by atoms with Crippen molar-refractivity contribution in [3.63, 3.8) is 0 Å². The number of rotatable bonds is 9. The highest BCUT2D eigenvalue weighted by Crippen LogP contribution is 2.27. The monoisotopic (exact) mass is 424 g/mol. The average molecular weight is 425 g/mol. The molecule has 2 rings (SSSR count). The van der Waals surface area contributed by atoms with Crippen molar-refractivity contribution in [2.45, 2.75) is 31.7 Å². The number of amides is 1. The molecule has 152 valence electrons. The van der Waals surface area contributed by atoms with Gasteiger partial charge in [0.1, 0.15) is 5.75 Å². The molecule has 0 aromatic heterocycles. The van der Waals surface area contributed by atoms with Crippen molar-refractivity contribution >= 4 is 27.5 Å². The molecule has 0 radical (unpaired) electrons. The molecule has 8 heteroatoms. The highest BCUT2D eigenvalue weighted by atomic mass is 35.5. The Bertz CT molecular complexity index is 902. The summed E-state index contributed by atoms with van der Waals surface area (Å²) in [7, 11) is -3.64. The van der Waals surface area contributed by atoms with Crippen LogP contribution >= 0.6 is 11.6 Å². The van der Waals surface area contributed by atoms with Crippen LogP contribution in [0.4, 0.5) is 0 Å². The zero-order valence-electron chi connectivity index (χ0n) is 16.1. The Kier molecular flexibility index (Phi) is 7.86. The van der Waals surface area contributed by atoms with E-state index in [1.807, 2.05) is 51.1 Å². The van der Waals surface area contributed by atoms with E-state index < -0.39 is 10.0 Å². The van der Waals surface area contributed by atoms with Gasteiger partial charge in [-0.05, 0) is 36.6 Å². The molecule has 2 N–H and O–H groups in total. The van der Waals surface area contributed by atoms with E-state index in [2.05, 4.69) is 10.0 Å². The van der Waals surface area contributed by atoms with Crippen LogP contribution in [0.3, 0.4) is 0 Å². The molecule has 0 heterocycles. The Morgan fingerprint density at radius 3 is 2.39 bits per heavy atom. The molecule has 0 fully saturated rings. The van der Waals surface area contributed by atoms with E-state index in [1.165, 1.54) is 18.2 Å². The molecule has 28 heavy (non-hydrogen) atoms. The molecule has 0 unspecified atom stereocenters. The maximum atomic E-state index is 12.2. The lowest BCUT2D eigenvalue weighted by molar-refractivity contribution is -0.123. The highest BCUT2D eigenvalue weighted by Gasteiger charge is 2.17. The summed E-state index contributed by atoms with van der Waals surface area (Å²) >= 11 is 6.13. The summed E-state index contributed by atoms with van der Waals surface area (Å²) in [5, 5.41) is 2.96. The van der Waals surface area contributed by atoms with E-state index in [0.717, 1.165) is 5.56 Å². The second-order valence-corrected chi connectivity index (χ2v) is 9.00. The minimum atomic E-state index is -3.64. The van der Waals surface area contributed by atoms with Gasteiger partial charge in [-0.25, -0.2) is 13.1 Å². The van der Waals surface area contributed by atoms with Crippen molar-refractivity contribution in [1.82, 2.24) is 10.0 Å². The standard InChI is InChI=1S/C20H25ClN2O4S/c1-14(2)12-22-28(25,26)17-9-10-19(18(21)11-17)27-13-20(24)23-15(3)16-7-5-4-6-8-16/h4-11,14-15,22H,12-13H2,1-3H3,(H,23,24)/t15-/m0/s1. The minimum absolute atomic E-state index is 0.0488. The van der Waals surface area contributed by atoms with Crippen molar-refractivity contribution < 1.29 is 17.9 Å². The van der Waals surface area contributed by atoms with Crippen LogP contribution in [0.2, 0.25) is 5.02 Å². The van der Waals surface area contributed by atoms with Crippen molar-refractivity contribution in [1.29, 1.82) is 0 Å². The number of halogens is 1. The van der Waals surface area contributed by atoms with Gasteiger partial charge in [-0.3, -0.25) is 4.79 Å². The van der Waals surface area contributed by atoms with Gasteiger partial charge in [-0.2, -0.15) is 0 Å². The molecule has 1 amide bonds. The predicted octanol–water partition coefficient (Wildman–Crippen LogP) is 3.53. The molecular formula is C20H25ClN2O4S. The van der Waals surface area contributed by atoms with E-state index in [-0.39, 0.29) is 40.1 Å². The van der Waals surface area contributed by atoms with Crippen LogP contribution in [0, 0.1) is 5.92 Å². The number of sulfonamides is 1. The summed E-state index contributed by atoms with van der Waals surface area (Å²) in [6.07, 6.45) is 0. The van der Waals surface area contributed by atoms with Gasteiger partial charge in [-0.1, -0.05) is 55.8 Å². The van der Waals surface area contributed by atoms with E-state index in [9.17, 15) is 13.2 Å². The Morgan fingerprint density at radius 2 is 1.79 bits per heavy atom. The van der Waals surface area contributed by atoms with E-state index in [1.54, 1.807) is 0 Å². The van der Waals surface area contributed by atoms with Crippen LogP contribution in [0.1, 0.15) is 32.4 Å². The first-order valence-corrected chi connectivity index (χ1v) is 10.8. The summed E-state index contributed by atoms with van der Waals surface area (Å²) < 4.78 is 32.5. The Balaban J connectivity index is 1.95. The summed E-state index contributed by atoms with van der Waals surface area (Å²) in [6.45, 7) is 5.81. The molecule has 1 atom stereocenters. The first-order valence-electron chi connectivity index (χ1n) is 8.95. The Hall–Kier alpha value is -2.09. The first kappa shape index (κ1) is 22.2. The van der Waals surface area contributed by atoms with Crippen molar-refractivity contribution in [2.24, 2.45) is 5.92 Å². The number of hydrogen-bond acceptors (Lipinski definition) is 4. The lowest BCUT2D eigenvalue weighted by atomic mass is 10.1. The van der Waals surface area contributed by atoms with Gasteiger partial charge in [0, 0.05) is 6.54 Å². The molecule has 0 aliphatic heterocycles. The molecule has 6 nitrogen and oxygen atoms in total. The molecule has 2 aromatic carbocycles. The highest BCUT2D eigenvalue weighted by molar-refractivity contribution is 7.89. The minimum Gasteiger partial charge on any atom is -0.482 e. The number of hydrogen-bond donors (Lipinski definition) is 2. The topological polar surface area (TPSA) is 84.5 Å². The largest absolute Gasteiger partial charge is 0.482 e. The van der Waals surface area contributed by atoms with Gasteiger partial charge >= 0.3 is 0 Å². The maximum Gasteiger partial charge on any atom is 0.258 e. The SMILES string of the molecule is CC(C)CNS(=O)(=O)c1ccc(OCC(=O)N[C@@H](C)c2ccccc2)c(Cl)c1. The van der Waals surface area contributed by atoms with Gasteiger partial charge in [-0.15, -0.1) is 0 Å². The van der Waals surface area contributed by atoms with Crippen LogP contribution in [-0.2, 0) is 14.8 Å². The number of ether oxygens (including phenoxy) is 1. The second-order valence-electron chi connectivity index (χ2n) is 6.83. The molecule has 0 bridgehead atoms. The third-order valence-electron chi connectivity index (χ3n) is 3.93. The second kappa shape index (κ2) is 9.91. The third-order valence-corrected chi connectivity index (χ3v) is 5.65. The lowest BCUT2D eigenvalue weighted by Crippen LogP contribution is -2.31. The third kappa shape index (κ3) is 6.51. The zero-order chi connectivity index (χ0) is 20.7. The normalized spacial score (nSPS) is 12.6. The molecule has 0 aliphatic carbocycles. The fraction of sp³-hybridized carbons (Fsp3) is 0.350. The molecular weight excluding hydrogens is 400 g/mol. The summed E-state index contributed by atoms with van der Waals surface area (Å²) in [4.78, 5) is 12.2. The molecule has 0 spiro atoms. The van der Waals surface area contributed by atoms with E-state index in [4.69, 9.17) is 16.3 Å². The van der Waals surface area contributed by atoms with Crippen molar-refractivity contribution in [2.75, 3.05) is 13.2 Å². The zero-order valence-corrected chi connectivity index (χ0v) is 17.7. The smallest absolute Gasteiger partial charge is 0.258 e. The van der Waals surface area contributed by atoms with Crippen molar-refractivity contribution in [3.05, 3.63) is 59.1 Å². The van der Waals surface area contributed by atoms with Crippen LogP contribution in [0.25, 0.3) is 0 Å². The lowest BCUT2D eigenvalue weighted by Gasteiger charge is -2.15.